The van der Waals surface area contributed by atoms with Gasteiger partial charge in [-0.3, -0.25) is 4.79 Å². The van der Waals surface area contributed by atoms with Crippen LogP contribution in [0.4, 0.5) is 5.69 Å². The maximum Gasteiger partial charge on any atom is 0.256 e. The Kier molecular flexibility index (Phi) is 1.19. The first-order valence-corrected chi connectivity index (χ1v) is 4.33. The second-order valence-electron chi connectivity index (χ2n) is 3.31. The number of hydrogen-bond acceptors (Lipinski definition) is 2. The molecule has 3 heteroatoms. The molecule has 14 heavy (non-hydrogen) atoms. The number of carbonyl (C=O) groups is 1. The van der Waals surface area contributed by atoms with Gasteiger partial charge in [0.15, 0.2) is 0 Å². The summed E-state index contributed by atoms with van der Waals surface area (Å²) in [6, 6.07) is 8.64. The predicted molar refractivity (Wildman–Crippen MR) is 53.6 cm³/mol. The molecule has 0 unspecified atom stereocenters. The predicted octanol–water partition coefficient (Wildman–Crippen LogP) is 2.11. The number of carbonyl (C=O) groups excluding carboxylic acids is 1. The normalized spacial score (nSPS) is 13.3. The molecule has 0 spiro atoms. The Balaban J connectivity index is 2.59. The molecule has 2 aromatic rings. The zero-order chi connectivity index (χ0) is 9.71. The van der Waals surface area contributed by atoms with Gasteiger partial charge in [-0.25, -0.2) is 0 Å². The fraction of sp³-hybridized carbons (Fsp3) is 0. The molecule has 0 saturated carbocycles. The third-order valence-corrected chi connectivity index (χ3v) is 2.51. The van der Waals surface area contributed by atoms with Crippen molar-refractivity contribution in [3.63, 3.8) is 0 Å². The molecular weight excluding hydrogens is 178 g/mol. The minimum absolute atomic E-state index is 0.101. The molecule has 3 nitrogen and oxygen atoms in total. The molecule has 2 aromatic carbocycles. The van der Waals surface area contributed by atoms with Gasteiger partial charge in [-0.1, -0.05) is 12.1 Å². The number of nitrogens with one attached hydrogen (secondary N) is 1. The van der Waals surface area contributed by atoms with Crippen LogP contribution in [-0.2, 0) is 0 Å². The highest BCUT2D eigenvalue weighted by molar-refractivity contribution is 6.24. The molecular formula is C11H7NO2. The standard InChI is InChI=1S/C11H7NO2/c13-9-5-4-7-10-6(9)2-1-3-8(10)12-11(7)14/h1-5,13H,(H,12,14). The molecule has 68 valence electrons. The molecule has 1 aliphatic rings. The molecule has 0 aromatic heterocycles. The molecule has 2 N–H and O–H groups in total. The van der Waals surface area contributed by atoms with Crippen LogP contribution in [0.3, 0.4) is 0 Å². The average Bonchev–Trinajstić information content (AvgIpc) is 2.50. The highest BCUT2D eigenvalue weighted by atomic mass is 16.3. The van der Waals surface area contributed by atoms with Crippen molar-refractivity contribution in [2.24, 2.45) is 0 Å². The van der Waals surface area contributed by atoms with Gasteiger partial charge in [0.1, 0.15) is 5.75 Å². The second kappa shape index (κ2) is 2.26. The third-order valence-electron chi connectivity index (χ3n) is 2.51. The topological polar surface area (TPSA) is 49.3 Å². The van der Waals surface area contributed by atoms with Gasteiger partial charge in [0.05, 0.1) is 0 Å². The Morgan fingerprint density at radius 3 is 2.86 bits per heavy atom. The number of phenolic OH excluding ortho intramolecular Hbond substituents is 1. The van der Waals surface area contributed by atoms with Crippen molar-refractivity contribution in [2.45, 2.75) is 0 Å². The Morgan fingerprint density at radius 1 is 1.14 bits per heavy atom. The van der Waals surface area contributed by atoms with E-state index in [4.69, 9.17) is 0 Å². The fourth-order valence-electron chi connectivity index (χ4n) is 1.87. The Hall–Kier alpha value is -2.03. The minimum Gasteiger partial charge on any atom is -0.507 e. The summed E-state index contributed by atoms with van der Waals surface area (Å²) in [6.07, 6.45) is 0. The Labute approximate surface area is 80.0 Å². The SMILES string of the molecule is O=C1Nc2cccc3c(O)ccc1c23. The summed E-state index contributed by atoms with van der Waals surface area (Å²) in [5.41, 5.74) is 1.41. The Morgan fingerprint density at radius 2 is 2.00 bits per heavy atom. The highest BCUT2D eigenvalue weighted by Gasteiger charge is 2.21. The third kappa shape index (κ3) is 0.738. The van der Waals surface area contributed by atoms with Gasteiger partial charge in [-0.15, -0.1) is 0 Å². The summed E-state index contributed by atoms with van der Waals surface area (Å²) in [7, 11) is 0. The molecule has 0 radical (unpaired) electrons. The summed E-state index contributed by atoms with van der Waals surface area (Å²) in [6.45, 7) is 0. The van der Waals surface area contributed by atoms with E-state index in [0.29, 0.717) is 5.56 Å². The molecule has 0 aliphatic carbocycles. The quantitative estimate of drug-likeness (QED) is 0.660. The van der Waals surface area contributed by atoms with Gasteiger partial charge in [0.25, 0.3) is 5.91 Å². The van der Waals surface area contributed by atoms with Gasteiger partial charge in [0, 0.05) is 22.0 Å². The smallest absolute Gasteiger partial charge is 0.256 e. The lowest BCUT2D eigenvalue weighted by Gasteiger charge is -2.00. The van der Waals surface area contributed by atoms with Gasteiger partial charge in [-0.2, -0.15) is 0 Å². The van der Waals surface area contributed by atoms with Gasteiger partial charge >= 0.3 is 0 Å². The van der Waals surface area contributed by atoms with Crippen LogP contribution in [0.1, 0.15) is 10.4 Å². The van der Waals surface area contributed by atoms with Crippen molar-refractivity contribution >= 4 is 22.4 Å². The zero-order valence-electron chi connectivity index (χ0n) is 7.24. The zero-order valence-corrected chi connectivity index (χ0v) is 7.24. The number of amides is 1. The molecule has 1 amide bonds. The number of phenols is 1. The maximum absolute atomic E-state index is 11.5. The molecule has 0 saturated heterocycles. The van der Waals surface area contributed by atoms with E-state index in [1.807, 2.05) is 12.1 Å². The van der Waals surface area contributed by atoms with E-state index in [0.717, 1.165) is 16.5 Å². The molecule has 1 aliphatic heterocycles. The van der Waals surface area contributed by atoms with Gasteiger partial charge in [-0.05, 0) is 18.2 Å². The largest absolute Gasteiger partial charge is 0.507 e. The van der Waals surface area contributed by atoms with Gasteiger partial charge in [0.2, 0.25) is 0 Å². The van der Waals surface area contributed by atoms with E-state index in [9.17, 15) is 9.90 Å². The van der Waals surface area contributed by atoms with E-state index in [1.165, 1.54) is 0 Å². The molecule has 0 atom stereocenters. The van der Waals surface area contributed by atoms with E-state index < -0.39 is 0 Å². The van der Waals surface area contributed by atoms with E-state index in [2.05, 4.69) is 5.32 Å². The minimum atomic E-state index is -0.101. The first-order chi connectivity index (χ1) is 6.77. The molecule has 0 fully saturated rings. The average molecular weight is 185 g/mol. The van der Waals surface area contributed by atoms with Crippen LogP contribution in [0.5, 0.6) is 5.75 Å². The summed E-state index contributed by atoms with van der Waals surface area (Å²) in [4.78, 5) is 11.5. The van der Waals surface area contributed by atoms with Crippen LogP contribution in [0.2, 0.25) is 0 Å². The number of anilines is 1. The lowest BCUT2D eigenvalue weighted by molar-refractivity contribution is 0.103. The highest BCUT2D eigenvalue weighted by Crippen LogP contribution is 2.36. The number of hydrogen-bond donors (Lipinski definition) is 2. The summed E-state index contributed by atoms with van der Waals surface area (Å²) < 4.78 is 0. The first-order valence-electron chi connectivity index (χ1n) is 4.33. The number of benzene rings is 2. The van der Waals surface area contributed by atoms with Crippen molar-refractivity contribution in [1.82, 2.24) is 0 Å². The lowest BCUT2D eigenvalue weighted by atomic mass is 10.0. The van der Waals surface area contributed by atoms with E-state index >= 15 is 0 Å². The van der Waals surface area contributed by atoms with Crippen LogP contribution in [0, 0.1) is 0 Å². The molecule has 0 bridgehead atoms. The molecule has 3 rings (SSSR count). The van der Waals surface area contributed by atoms with E-state index in [1.54, 1.807) is 18.2 Å². The van der Waals surface area contributed by atoms with Crippen LogP contribution < -0.4 is 5.32 Å². The van der Waals surface area contributed by atoms with Crippen molar-refractivity contribution in [3.8, 4) is 5.75 Å². The molecule has 1 heterocycles. The van der Waals surface area contributed by atoms with Gasteiger partial charge < -0.3 is 10.4 Å². The maximum atomic E-state index is 11.5. The van der Waals surface area contributed by atoms with E-state index in [-0.39, 0.29) is 11.7 Å². The second-order valence-corrected chi connectivity index (χ2v) is 3.31. The Bertz CT molecular complexity index is 560. The summed E-state index contributed by atoms with van der Waals surface area (Å²) in [5.74, 6) is 0.110. The summed E-state index contributed by atoms with van der Waals surface area (Å²) >= 11 is 0. The number of rotatable bonds is 0. The summed E-state index contributed by atoms with van der Waals surface area (Å²) in [5, 5.41) is 13.9. The van der Waals surface area contributed by atoms with Crippen molar-refractivity contribution < 1.29 is 9.90 Å². The number of aromatic hydroxyl groups is 1. The van der Waals surface area contributed by atoms with Crippen LogP contribution >= 0.6 is 0 Å². The van der Waals surface area contributed by atoms with Crippen LogP contribution in [0.15, 0.2) is 30.3 Å². The first kappa shape index (κ1) is 7.38. The van der Waals surface area contributed by atoms with Crippen LogP contribution in [0.25, 0.3) is 10.8 Å². The lowest BCUT2D eigenvalue weighted by Crippen LogP contribution is -2.03. The van der Waals surface area contributed by atoms with Crippen molar-refractivity contribution in [2.75, 3.05) is 5.32 Å². The fourth-order valence-corrected chi connectivity index (χ4v) is 1.87. The van der Waals surface area contributed by atoms with Crippen LogP contribution in [-0.4, -0.2) is 11.0 Å². The van der Waals surface area contributed by atoms with Crippen molar-refractivity contribution in [3.05, 3.63) is 35.9 Å². The monoisotopic (exact) mass is 185 g/mol. The van der Waals surface area contributed by atoms with Crippen molar-refractivity contribution in [1.29, 1.82) is 0 Å².